The topological polar surface area (TPSA) is 78.9 Å². The Morgan fingerprint density at radius 2 is 2.12 bits per heavy atom. The Morgan fingerprint density at radius 3 is 2.59 bits per heavy atom. The van der Waals surface area contributed by atoms with E-state index >= 15 is 0 Å². The van der Waals surface area contributed by atoms with Gasteiger partial charge in [-0.3, -0.25) is 0 Å². The molecule has 0 aromatic heterocycles. The minimum absolute atomic E-state index is 0.0228. The van der Waals surface area contributed by atoms with Gasteiger partial charge in [0.25, 0.3) is 0 Å². The average Bonchev–Trinajstić information content (AvgIpc) is 2.25. The van der Waals surface area contributed by atoms with Gasteiger partial charge in [0.1, 0.15) is 6.04 Å². The highest BCUT2D eigenvalue weighted by atomic mass is 16.5. The fraction of sp³-hybridized carbons (Fsp3) is 0.818. The number of carbonyl (C=O) groups is 2. The summed E-state index contributed by atoms with van der Waals surface area (Å²) in [6.07, 6.45) is 0. The van der Waals surface area contributed by atoms with E-state index in [0.717, 1.165) is 0 Å². The van der Waals surface area contributed by atoms with E-state index in [0.29, 0.717) is 19.8 Å². The largest absolute Gasteiger partial charge is 0.480 e. The number of carbonyl (C=O) groups excluding carboxylic acids is 1. The van der Waals surface area contributed by atoms with Gasteiger partial charge in [-0.1, -0.05) is 13.8 Å². The summed E-state index contributed by atoms with van der Waals surface area (Å²) in [7, 11) is 0. The Bertz CT molecular complexity index is 293. The predicted molar refractivity (Wildman–Crippen MR) is 61.8 cm³/mol. The third-order valence-electron chi connectivity index (χ3n) is 2.84. The van der Waals surface area contributed by atoms with E-state index in [1.54, 1.807) is 18.7 Å². The predicted octanol–water partition coefficient (Wildman–Crippen LogP) is 0.526. The third kappa shape index (κ3) is 3.59. The number of nitrogens with one attached hydrogen (secondary N) is 1. The van der Waals surface area contributed by atoms with E-state index in [2.05, 4.69) is 5.32 Å². The lowest BCUT2D eigenvalue weighted by Crippen LogP contribution is -2.55. The lowest BCUT2D eigenvalue weighted by molar-refractivity contribution is -0.140. The molecule has 6 heteroatoms. The van der Waals surface area contributed by atoms with Crippen molar-refractivity contribution in [3.63, 3.8) is 0 Å². The number of nitrogens with zero attached hydrogens (tertiary/aromatic N) is 1. The van der Waals surface area contributed by atoms with Crippen LogP contribution in [0.2, 0.25) is 0 Å². The van der Waals surface area contributed by atoms with Gasteiger partial charge in [0.05, 0.1) is 19.3 Å². The third-order valence-corrected chi connectivity index (χ3v) is 2.84. The molecule has 0 saturated carbocycles. The molecule has 1 aliphatic heterocycles. The Kier molecular flexibility index (Phi) is 4.74. The number of carboxylic acid groups (broad SMARTS) is 1. The molecular weight excluding hydrogens is 224 g/mol. The van der Waals surface area contributed by atoms with Crippen molar-refractivity contribution in [3.8, 4) is 0 Å². The van der Waals surface area contributed by atoms with Crippen molar-refractivity contribution >= 4 is 12.0 Å². The van der Waals surface area contributed by atoms with E-state index in [-0.39, 0.29) is 18.0 Å². The number of ether oxygens (including phenoxy) is 1. The number of hydrogen-bond donors (Lipinski definition) is 2. The zero-order chi connectivity index (χ0) is 13.0. The maximum Gasteiger partial charge on any atom is 0.326 e. The Hall–Kier alpha value is -1.30. The summed E-state index contributed by atoms with van der Waals surface area (Å²) in [6.45, 7) is 6.90. The second-order valence-corrected chi connectivity index (χ2v) is 4.63. The summed E-state index contributed by atoms with van der Waals surface area (Å²) in [6, 6.07) is -1.20. The zero-order valence-electron chi connectivity index (χ0n) is 10.5. The number of urea groups is 1. The Morgan fingerprint density at radius 1 is 1.47 bits per heavy atom. The molecule has 98 valence electrons. The quantitative estimate of drug-likeness (QED) is 0.759. The molecule has 0 aromatic rings. The van der Waals surface area contributed by atoms with Crippen molar-refractivity contribution in [1.82, 2.24) is 10.2 Å². The fourth-order valence-electron chi connectivity index (χ4n) is 1.76. The van der Waals surface area contributed by atoms with Crippen LogP contribution in [0.15, 0.2) is 0 Å². The van der Waals surface area contributed by atoms with Gasteiger partial charge in [-0.15, -0.1) is 0 Å². The van der Waals surface area contributed by atoms with E-state index in [4.69, 9.17) is 9.84 Å². The fourth-order valence-corrected chi connectivity index (χ4v) is 1.76. The molecule has 0 spiro atoms. The molecule has 1 unspecified atom stereocenters. The molecule has 1 heterocycles. The maximum absolute atomic E-state index is 11.9. The highest BCUT2D eigenvalue weighted by molar-refractivity contribution is 5.83. The van der Waals surface area contributed by atoms with Crippen LogP contribution < -0.4 is 5.32 Å². The van der Waals surface area contributed by atoms with Crippen molar-refractivity contribution in [2.24, 2.45) is 5.92 Å². The molecule has 17 heavy (non-hydrogen) atoms. The summed E-state index contributed by atoms with van der Waals surface area (Å²) in [4.78, 5) is 24.5. The molecule has 6 nitrogen and oxygen atoms in total. The number of morpholine rings is 1. The first-order valence-electron chi connectivity index (χ1n) is 5.81. The zero-order valence-corrected chi connectivity index (χ0v) is 10.5. The summed E-state index contributed by atoms with van der Waals surface area (Å²) in [5.74, 6) is -1.15. The molecule has 0 bridgehead atoms. The van der Waals surface area contributed by atoms with Gasteiger partial charge >= 0.3 is 12.0 Å². The van der Waals surface area contributed by atoms with Crippen LogP contribution in [0.1, 0.15) is 20.8 Å². The molecule has 0 radical (unpaired) electrons. The van der Waals surface area contributed by atoms with E-state index < -0.39 is 12.0 Å². The summed E-state index contributed by atoms with van der Waals surface area (Å²) in [5.41, 5.74) is 0. The molecule has 2 amide bonds. The van der Waals surface area contributed by atoms with Gasteiger partial charge < -0.3 is 20.1 Å². The van der Waals surface area contributed by atoms with E-state index in [9.17, 15) is 9.59 Å². The summed E-state index contributed by atoms with van der Waals surface area (Å²) >= 11 is 0. The summed E-state index contributed by atoms with van der Waals surface area (Å²) in [5, 5.41) is 11.5. The molecule has 2 atom stereocenters. The highest BCUT2D eigenvalue weighted by Gasteiger charge is 2.29. The van der Waals surface area contributed by atoms with Crippen LogP contribution in [0.25, 0.3) is 0 Å². The number of aliphatic carboxylic acids is 1. The molecule has 1 saturated heterocycles. The minimum Gasteiger partial charge on any atom is -0.480 e. The lowest BCUT2D eigenvalue weighted by Gasteiger charge is -2.34. The number of carboxylic acids is 1. The van der Waals surface area contributed by atoms with Crippen molar-refractivity contribution in [1.29, 1.82) is 0 Å². The van der Waals surface area contributed by atoms with E-state index in [1.807, 2.05) is 6.92 Å². The second-order valence-electron chi connectivity index (χ2n) is 4.63. The average molecular weight is 244 g/mol. The SMILES string of the molecule is CC(C)[C@@H](NC(=O)N1CCOCC1C)C(=O)O. The highest BCUT2D eigenvalue weighted by Crippen LogP contribution is 2.08. The first kappa shape index (κ1) is 13.8. The molecular formula is C11H20N2O4. The number of amides is 2. The molecule has 2 N–H and O–H groups in total. The van der Waals surface area contributed by atoms with Crippen LogP contribution >= 0.6 is 0 Å². The number of rotatable bonds is 3. The number of hydrogen-bond acceptors (Lipinski definition) is 3. The lowest BCUT2D eigenvalue weighted by atomic mass is 10.1. The molecule has 0 aliphatic carbocycles. The smallest absolute Gasteiger partial charge is 0.326 e. The van der Waals surface area contributed by atoms with Crippen LogP contribution in [0.4, 0.5) is 4.79 Å². The van der Waals surface area contributed by atoms with Gasteiger partial charge in [0.2, 0.25) is 0 Å². The Labute approximate surface area is 101 Å². The van der Waals surface area contributed by atoms with E-state index in [1.165, 1.54) is 0 Å². The van der Waals surface area contributed by atoms with Crippen LogP contribution in [0.5, 0.6) is 0 Å². The van der Waals surface area contributed by atoms with Gasteiger partial charge in [-0.05, 0) is 12.8 Å². The Balaban J connectivity index is 2.60. The van der Waals surface area contributed by atoms with Gasteiger partial charge in [0, 0.05) is 6.54 Å². The molecule has 1 aliphatic rings. The van der Waals surface area contributed by atoms with Gasteiger partial charge in [-0.25, -0.2) is 9.59 Å². The monoisotopic (exact) mass is 244 g/mol. The van der Waals surface area contributed by atoms with Gasteiger partial charge in [-0.2, -0.15) is 0 Å². The molecule has 0 aromatic carbocycles. The van der Waals surface area contributed by atoms with Crippen LogP contribution in [0.3, 0.4) is 0 Å². The first-order valence-corrected chi connectivity index (χ1v) is 5.81. The van der Waals surface area contributed by atoms with Crippen molar-refractivity contribution in [3.05, 3.63) is 0 Å². The summed E-state index contributed by atoms with van der Waals surface area (Å²) < 4.78 is 5.22. The minimum atomic E-state index is -1.01. The standard InChI is InChI=1S/C11H20N2O4/c1-7(2)9(10(14)15)12-11(16)13-4-5-17-6-8(13)3/h7-9H,4-6H2,1-3H3,(H,12,16)(H,14,15)/t8?,9-/m1/s1. The molecule has 1 fully saturated rings. The first-order chi connectivity index (χ1) is 7.93. The van der Waals surface area contributed by atoms with Crippen LogP contribution in [0, 0.1) is 5.92 Å². The second kappa shape index (κ2) is 5.86. The van der Waals surface area contributed by atoms with Crippen molar-refractivity contribution in [2.45, 2.75) is 32.9 Å². The van der Waals surface area contributed by atoms with Crippen molar-refractivity contribution in [2.75, 3.05) is 19.8 Å². The normalized spacial score (nSPS) is 22.4. The van der Waals surface area contributed by atoms with Crippen LogP contribution in [-0.4, -0.2) is 53.8 Å². The molecule has 1 rings (SSSR count). The maximum atomic E-state index is 11.9. The van der Waals surface area contributed by atoms with Crippen LogP contribution in [-0.2, 0) is 9.53 Å². The van der Waals surface area contributed by atoms with Gasteiger partial charge in [0.15, 0.2) is 0 Å². The van der Waals surface area contributed by atoms with Crippen molar-refractivity contribution < 1.29 is 19.4 Å².